The molecule has 0 aliphatic rings. The van der Waals surface area contributed by atoms with Crippen LogP contribution < -0.4 is 5.73 Å². The number of hydrogen-bond acceptors (Lipinski definition) is 3. The van der Waals surface area contributed by atoms with Crippen LogP contribution >= 0.6 is 11.3 Å². The topological polar surface area (TPSA) is 43.1 Å². The number of carbonyl (C=O) groups excluding carboxylic acids is 1. The molecule has 0 amide bonds. The van der Waals surface area contributed by atoms with E-state index in [-0.39, 0.29) is 5.78 Å². The van der Waals surface area contributed by atoms with Gasteiger partial charge in [0.15, 0.2) is 5.78 Å². The van der Waals surface area contributed by atoms with Crippen LogP contribution in [0.4, 0.5) is 0 Å². The summed E-state index contributed by atoms with van der Waals surface area (Å²) in [5.74, 6) is 0.0913. The largest absolute Gasteiger partial charge is 0.330 e. The lowest BCUT2D eigenvalue weighted by molar-refractivity contribution is 0.103. The molecule has 17 heavy (non-hydrogen) atoms. The van der Waals surface area contributed by atoms with Crippen LogP contribution in [0.1, 0.15) is 26.4 Å². The SMILES string of the molecule is Cc1cc(C(=O)c2ccc(CCN)cc2)cs1. The number of aryl methyl sites for hydroxylation is 1. The lowest BCUT2D eigenvalue weighted by Crippen LogP contribution is -2.04. The Morgan fingerprint density at radius 3 is 2.47 bits per heavy atom. The van der Waals surface area contributed by atoms with Crippen molar-refractivity contribution < 1.29 is 4.79 Å². The minimum absolute atomic E-state index is 0.0913. The van der Waals surface area contributed by atoms with Gasteiger partial charge in [-0.15, -0.1) is 11.3 Å². The fraction of sp³-hybridized carbons (Fsp3) is 0.214. The van der Waals surface area contributed by atoms with E-state index in [1.165, 1.54) is 5.56 Å². The Morgan fingerprint density at radius 1 is 1.24 bits per heavy atom. The van der Waals surface area contributed by atoms with Crippen LogP contribution in [-0.2, 0) is 6.42 Å². The van der Waals surface area contributed by atoms with Gasteiger partial charge >= 0.3 is 0 Å². The van der Waals surface area contributed by atoms with Crippen molar-refractivity contribution in [1.82, 2.24) is 0 Å². The van der Waals surface area contributed by atoms with Crippen molar-refractivity contribution in [3.63, 3.8) is 0 Å². The second-order valence-electron chi connectivity index (χ2n) is 4.01. The summed E-state index contributed by atoms with van der Waals surface area (Å²) in [6, 6.07) is 9.63. The number of nitrogens with two attached hydrogens (primary N) is 1. The van der Waals surface area contributed by atoms with E-state index in [0.29, 0.717) is 6.54 Å². The van der Waals surface area contributed by atoms with Crippen LogP contribution in [0.3, 0.4) is 0 Å². The molecule has 0 saturated carbocycles. The third kappa shape index (κ3) is 2.81. The molecule has 0 saturated heterocycles. The molecule has 0 unspecified atom stereocenters. The Bertz CT molecular complexity index is 513. The molecule has 1 aromatic heterocycles. The molecule has 2 N–H and O–H groups in total. The molecule has 0 spiro atoms. The summed E-state index contributed by atoms with van der Waals surface area (Å²) < 4.78 is 0. The molecule has 0 aliphatic heterocycles. The second kappa shape index (κ2) is 5.25. The smallest absolute Gasteiger partial charge is 0.193 e. The first kappa shape index (κ1) is 12.0. The lowest BCUT2D eigenvalue weighted by atomic mass is 10.0. The molecule has 2 aromatic rings. The Labute approximate surface area is 105 Å². The van der Waals surface area contributed by atoms with Gasteiger partial charge in [0.1, 0.15) is 0 Å². The number of hydrogen-bond donors (Lipinski definition) is 1. The predicted octanol–water partition coefficient (Wildman–Crippen LogP) is 2.79. The molecule has 2 nitrogen and oxygen atoms in total. The highest BCUT2D eigenvalue weighted by atomic mass is 32.1. The maximum Gasteiger partial charge on any atom is 0.193 e. The molecule has 0 atom stereocenters. The lowest BCUT2D eigenvalue weighted by Gasteiger charge is -2.01. The summed E-state index contributed by atoms with van der Waals surface area (Å²) in [6.07, 6.45) is 0.853. The van der Waals surface area contributed by atoms with Crippen LogP contribution in [0.2, 0.25) is 0 Å². The standard InChI is InChI=1S/C14H15NOS/c1-10-8-13(9-17-10)14(16)12-4-2-11(3-5-12)6-7-15/h2-5,8-9H,6-7,15H2,1H3. The monoisotopic (exact) mass is 245 g/mol. The van der Waals surface area contributed by atoms with Crippen molar-refractivity contribution in [2.75, 3.05) is 6.54 Å². The van der Waals surface area contributed by atoms with Gasteiger partial charge in [-0.25, -0.2) is 0 Å². The van der Waals surface area contributed by atoms with Crippen LogP contribution in [0, 0.1) is 6.92 Å². The zero-order chi connectivity index (χ0) is 12.3. The van der Waals surface area contributed by atoms with Gasteiger partial charge in [0.25, 0.3) is 0 Å². The molecular weight excluding hydrogens is 230 g/mol. The van der Waals surface area contributed by atoms with E-state index >= 15 is 0 Å². The molecule has 1 aromatic carbocycles. The summed E-state index contributed by atoms with van der Waals surface area (Å²) in [5.41, 5.74) is 8.17. The molecule has 1 heterocycles. The molecule has 0 aliphatic carbocycles. The van der Waals surface area contributed by atoms with Crippen LogP contribution in [0.5, 0.6) is 0 Å². The van der Waals surface area contributed by atoms with E-state index in [1.54, 1.807) is 11.3 Å². The van der Waals surface area contributed by atoms with E-state index < -0.39 is 0 Å². The van der Waals surface area contributed by atoms with E-state index in [2.05, 4.69) is 0 Å². The highest BCUT2D eigenvalue weighted by Gasteiger charge is 2.10. The molecule has 0 fully saturated rings. The first-order chi connectivity index (χ1) is 8.20. The molecule has 3 heteroatoms. The van der Waals surface area contributed by atoms with Gasteiger partial charge in [-0.3, -0.25) is 4.79 Å². The van der Waals surface area contributed by atoms with E-state index in [0.717, 1.165) is 22.4 Å². The second-order valence-corrected chi connectivity index (χ2v) is 5.13. The Kier molecular flexibility index (Phi) is 3.71. The van der Waals surface area contributed by atoms with Gasteiger partial charge in [-0.2, -0.15) is 0 Å². The van der Waals surface area contributed by atoms with Crippen LogP contribution in [0.15, 0.2) is 35.7 Å². The highest BCUT2D eigenvalue weighted by Crippen LogP contribution is 2.17. The third-order valence-corrected chi connectivity index (χ3v) is 3.50. The summed E-state index contributed by atoms with van der Waals surface area (Å²) in [6.45, 7) is 2.64. The first-order valence-electron chi connectivity index (χ1n) is 5.59. The number of thiophene rings is 1. The van der Waals surface area contributed by atoms with Crippen molar-refractivity contribution in [1.29, 1.82) is 0 Å². The van der Waals surface area contributed by atoms with Gasteiger partial charge in [-0.05, 0) is 31.5 Å². The molecular formula is C14H15NOS. The van der Waals surface area contributed by atoms with Crippen LogP contribution in [-0.4, -0.2) is 12.3 Å². The third-order valence-electron chi connectivity index (χ3n) is 2.64. The van der Waals surface area contributed by atoms with Crippen molar-refractivity contribution in [3.05, 3.63) is 57.3 Å². The van der Waals surface area contributed by atoms with Gasteiger partial charge in [-0.1, -0.05) is 24.3 Å². The number of ketones is 1. The Hall–Kier alpha value is -1.45. The zero-order valence-electron chi connectivity index (χ0n) is 9.77. The minimum atomic E-state index is 0.0913. The molecule has 0 radical (unpaired) electrons. The quantitative estimate of drug-likeness (QED) is 0.842. The number of carbonyl (C=O) groups is 1. The maximum absolute atomic E-state index is 12.1. The van der Waals surface area contributed by atoms with Gasteiger partial charge in [0.05, 0.1) is 0 Å². The summed E-state index contributed by atoms with van der Waals surface area (Å²) in [7, 11) is 0. The van der Waals surface area contributed by atoms with Crippen molar-refractivity contribution in [3.8, 4) is 0 Å². The fourth-order valence-electron chi connectivity index (χ4n) is 1.72. The number of rotatable bonds is 4. The molecule has 0 bridgehead atoms. The van der Waals surface area contributed by atoms with Gasteiger partial charge in [0, 0.05) is 21.4 Å². The van der Waals surface area contributed by atoms with Crippen molar-refractivity contribution >= 4 is 17.1 Å². The first-order valence-corrected chi connectivity index (χ1v) is 6.47. The average Bonchev–Trinajstić information content (AvgIpc) is 2.76. The fourth-order valence-corrected chi connectivity index (χ4v) is 2.40. The summed E-state index contributed by atoms with van der Waals surface area (Å²) >= 11 is 1.60. The Balaban J connectivity index is 2.20. The average molecular weight is 245 g/mol. The highest BCUT2D eigenvalue weighted by molar-refractivity contribution is 7.10. The number of benzene rings is 1. The summed E-state index contributed by atoms with van der Waals surface area (Å²) in [4.78, 5) is 13.3. The van der Waals surface area contributed by atoms with E-state index in [4.69, 9.17) is 5.73 Å². The van der Waals surface area contributed by atoms with E-state index in [9.17, 15) is 4.79 Å². The van der Waals surface area contributed by atoms with Gasteiger partial charge < -0.3 is 5.73 Å². The Morgan fingerprint density at radius 2 is 1.94 bits per heavy atom. The molecule has 2 rings (SSSR count). The predicted molar refractivity (Wildman–Crippen MR) is 71.7 cm³/mol. The van der Waals surface area contributed by atoms with Crippen molar-refractivity contribution in [2.45, 2.75) is 13.3 Å². The zero-order valence-corrected chi connectivity index (χ0v) is 10.6. The normalized spacial score (nSPS) is 10.5. The van der Waals surface area contributed by atoms with Crippen LogP contribution in [0.25, 0.3) is 0 Å². The maximum atomic E-state index is 12.1. The van der Waals surface area contributed by atoms with E-state index in [1.807, 2.05) is 42.6 Å². The van der Waals surface area contributed by atoms with Gasteiger partial charge in [0.2, 0.25) is 0 Å². The molecule has 88 valence electrons. The minimum Gasteiger partial charge on any atom is -0.330 e. The summed E-state index contributed by atoms with van der Waals surface area (Å²) in [5, 5.41) is 1.91. The van der Waals surface area contributed by atoms with Crippen molar-refractivity contribution in [2.24, 2.45) is 5.73 Å².